The summed E-state index contributed by atoms with van der Waals surface area (Å²) in [6.07, 6.45) is 12.1. The van der Waals surface area contributed by atoms with Gasteiger partial charge < -0.3 is 4.90 Å². The molecule has 0 spiro atoms. The Balaban J connectivity index is 1.35. The van der Waals surface area contributed by atoms with Gasteiger partial charge in [0.25, 0.3) is 0 Å². The van der Waals surface area contributed by atoms with Crippen molar-refractivity contribution < 1.29 is 4.79 Å². The number of nitrogens with zero attached hydrogens (tertiary/aromatic N) is 6. The van der Waals surface area contributed by atoms with E-state index in [1.54, 1.807) is 18.5 Å². The molecule has 6 rings (SSSR count). The molecule has 3 aliphatic rings. The molecular formula is C31H34N6O. The molecule has 1 atom stereocenters. The number of carbonyl (C=O) groups is 1. The molecule has 0 bridgehead atoms. The molecule has 1 aromatic carbocycles. The van der Waals surface area contributed by atoms with Gasteiger partial charge in [-0.1, -0.05) is 18.2 Å². The van der Waals surface area contributed by atoms with Crippen molar-refractivity contribution in [2.45, 2.75) is 64.2 Å². The summed E-state index contributed by atoms with van der Waals surface area (Å²) in [5.41, 5.74) is 5.62. The molecule has 7 heteroatoms. The molecule has 1 saturated heterocycles. The van der Waals surface area contributed by atoms with E-state index in [0.717, 1.165) is 54.0 Å². The summed E-state index contributed by atoms with van der Waals surface area (Å²) < 4.78 is 2.10. The molecule has 1 aliphatic carbocycles. The minimum atomic E-state index is 0.0834. The van der Waals surface area contributed by atoms with Crippen LogP contribution in [0.25, 0.3) is 22.4 Å². The summed E-state index contributed by atoms with van der Waals surface area (Å²) >= 11 is 0. The lowest BCUT2D eigenvalue weighted by atomic mass is 9.97. The third-order valence-electron chi connectivity index (χ3n) is 8.48. The lowest BCUT2D eigenvalue weighted by Crippen LogP contribution is -2.47. The van der Waals surface area contributed by atoms with Gasteiger partial charge in [0, 0.05) is 41.7 Å². The Hall–Kier alpha value is -3.76. The van der Waals surface area contributed by atoms with Gasteiger partial charge in [-0.25, -0.2) is 0 Å². The number of hydrogen-bond donors (Lipinski definition) is 0. The molecule has 38 heavy (non-hydrogen) atoms. The number of hydrogen-bond acceptors (Lipinski definition) is 5. The number of benzene rings is 1. The van der Waals surface area contributed by atoms with Crippen LogP contribution in [0.4, 0.5) is 0 Å². The Morgan fingerprint density at radius 3 is 2.71 bits per heavy atom. The molecule has 0 N–H and O–H groups in total. The average Bonchev–Trinajstić information content (AvgIpc) is 3.63. The highest BCUT2D eigenvalue weighted by Gasteiger charge is 2.41. The number of likely N-dealkylation sites (tertiary alicyclic amines) is 1. The first-order valence-corrected chi connectivity index (χ1v) is 13.7. The van der Waals surface area contributed by atoms with E-state index >= 15 is 0 Å². The Morgan fingerprint density at radius 1 is 1.18 bits per heavy atom. The zero-order valence-electron chi connectivity index (χ0n) is 22.2. The van der Waals surface area contributed by atoms with E-state index in [-0.39, 0.29) is 17.5 Å². The van der Waals surface area contributed by atoms with Gasteiger partial charge in [0.1, 0.15) is 5.69 Å². The normalized spacial score (nSPS) is 21.0. The van der Waals surface area contributed by atoms with Crippen molar-refractivity contribution in [2.24, 2.45) is 5.92 Å². The highest BCUT2D eigenvalue weighted by Crippen LogP contribution is 2.42. The van der Waals surface area contributed by atoms with E-state index in [2.05, 4.69) is 39.4 Å². The van der Waals surface area contributed by atoms with Gasteiger partial charge >= 0.3 is 0 Å². The lowest BCUT2D eigenvalue weighted by molar-refractivity contribution is -0.130. The molecule has 7 nitrogen and oxygen atoms in total. The molecule has 4 heterocycles. The standard InChI is InChI=1S/C31H34N6O/c1-31(2)13-5-17-35(31)16-4-8-28(38)36-20-27-29(24-11-14-33-15-12-24)30(25-7-3-6-22(18-25)19-32)34-37(27)21-26(36)23-9-10-23/h3-4,6-8,11-12,14-15,18,23,26H,5,9-10,13,16-17,20-21H2,1-2H3/b8-4+/t26-/m1/s1. The van der Waals surface area contributed by atoms with Gasteiger partial charge in [0.15, 0.2) is 0 Å². The van der Waals surface area contributed by atoms with Gasteiger partial charge in [-0.15, -0.1) is 0 Å². The molecular weight excluding hydrogens is 472 g/mol. The second-order valence-corrected chi connectivity index (χ2v) is 11.4. The number of pyridine rings is 1. The quantitative estimate of drug-likeness (QED) is 0.438. The van der Waals surface area contributed by atoms with E-state index in [1.165, 1.54) is 12.8 Å². The van der Waals surface area contributed by atoms with Crippen molar-refractivity contribution in [2.75, 3.05) is 13.1 Å². The molecule has 194 valence electrons. The fraction of sp³-hybridized carbons (Fsp3) is 0.419. The molecule has 2 aliphatic heterocycles. The zero-order valence-corrected chi connectivity index (χ0v) is 22.2. The van der Waals surface area contributed by atoms with Crippen LogP contribution in [0.3, 0.4) is 0 Å². The minimum Gasteiger partial charge on any atom is -0.328 e. The number of carbonyl (C=O) groups excluding carboxylic acids is 1. The Bertz CT molecular complexity index is 1410. The number of aromatic nitrogens is 3. The Morgan fingerprint density at radius 2 is 2.00 bits per heavy atom. The monoisotopic (exact) mass is 506 g/mol. The average molecular weight is 507 g/mol. The first kappa shape index (κ1) is 24.6. The van der Waals surface area contributed by atoms with E-state index in [1.807, 2.05) is 42.5 Å². The van der Waals surface area contributed by atoms with Crippen LogP contribution in [0.15, 0.2) is 60.9 Å². The fourth-order valence-corrected chi connectivity index (χ4v) is 6.13. The SMILES string of the molecule is CC1(C)CCCN1C/C=C/C(=O)N1Cc2c(-c3ccncc3)c(-c3cccc(C#N)c3)nn2C[C@@H]1C1CC1. The van der Waals surface area contributed by atoms with E-state index in [4.69, 9.17) is 5.10 Å². The number of fused-ring (bicyclic) bond motifs is 1. The highest BCUT2D eigenvalue weighted by atomic mass is 16.2. The van der Waals surface area contributed by atoms with Crippen LogP contribution in [0.1, 0.15) is 50.8 Å². The fourth-order valence-electron chi connectivity index (χ4n) is 6.13. The van der Waals surface area contributed by atoms with Gasteiger partial charge in [0.05, 0.1) is 36.5 Å². The summed E-state index contributed by atoms with van der Waals surface area (Å²) in [6.45, 7) is 7.67. The maximum absolute atomic E-state index is 13.6. The van der Waals surface area contributed by atoms with Crippen LogP contribution in [-0.4, -0.2) is 55.1 Å². The predicted molar refractivity (Wildman–Crippen MR) is 147 cm³/mol. The van der Waals surface area contributed by atoms with Crippen LogP contribution in [0, 0.1) is 17.2 Å². The first-order chi connectivity index (χ1) is 18.4. The van der Waals surface area contributed by atoms with E-state index < -0.39 is 0 Å². The largest absolute Gasteiger partial charge is 0.328 e. The van der Waals surface area contributed by atoms with Crippen LogP contribution in [-0.2, 0) is 17.9 Å². The van der Waals surface area contributed by atoms with E-state index in [0.29, 0.717) is 24.6 Å². The molecule has 3 aromatic rings. The third kappa shape index (κ3) is 4.65. The molecule has 0 unspecified atom stereocenters. The number of nitriles is 1. The maximum Gasteiger partial charge on any atom is 0.246 e. The second-order valence-electron chi connectivity index (χ2n) is 11.4. The van der Waals surface area contributed by atoms with Crippen LogP contribution < -0.4 is 0 Å². The zero-order chi connectivity index (χ0) is 26.3. The molecule has 2 fully saturated rings. The van der Waals surface area contributed by atoms with Gasteiger partial charge in [-0.05, 0) is 81.8 Å². The smallest absolute Gasteiger partial charge is 0.246 e. The minimum absolute atomic E-state index is 0.0834. The summed E-state index contributed by atoms with van der Waals surface area (Å²) in [5, 5.41) is 14.6. The number of rotatable bonds is 6. The van der Waals surface area contributed by atoms with E-state index in [9.17, 15) is 10.1 Å². The summed E-state index contributed by atoms with van der Waals surface area (Å²) in [5.74, 6) is 0.608. The van der Waals surface area contributed by atoms with Gasteiger partial charge in [0.2, 0.25) is 5.91 Å². The molecule has 1 saturated carbocycles. The molecule has 0 radical (unpaired) electrons. The van der Waals surface area contributed by atoms with Crippen LogP contribution in [0.2, 0.25) is 0 Å². The lowest BCUT2D eigenvalue weighted by Gasteiger charge is -2.36. The Kier molecular flexibility index (Phi) is 6.37. The van der Waals surface area contributed by atoms with Gasteiger partial charge in [-0.3, -0.25) is 19.4 Å². The number of amides is 1. The molecule has 2 aromatic heterocycles. The maximum atomic E-state index is 13.6. The molecule has 1 amide bonds. The van der Waals surface area contributed by atoms with Gasteiger partial charge in [-0.2, -0.15) is 10.4 Å². The van der Waals surface area contributed by atoms with Crippen molar-refractivity contribution in [1.82, 2.24) is 24.6 Å². The van der Waals surface area contributed by atoms with Crippen molar-refractivity contribution in [3.05, 3.63) is 72.2 Å². The third-order valence-corrected chi connectivity index (χ3v) is 8.48. The second kappa shape index (κ2) is 9.85. The highest BCUT2D eigenvalue weighted by molar-refractivity contribution is 5.89. The van der Waals surface area contributed by atoms with Crippen molar-refractivity contribution in [3.63, 3.8) is 0 Å². The van der Waals surface area contributed by atoms with Crippen LogP contribution in [0.5, 0.6) is 0 Å². The van der Waals surface area contributed by atoms with Crippen molar-refractivity contribution in [1.29, 1.82) is 5.26 Å². The summed E-state index contributed by atoms with van der Waals surface area (Å²) in [6, 6.07) is 14.0. The Labute approximate surface area is 224 Å². The topological polar surface area (TPSA) is 78.1 Å². The van der Waals surface area contributed by atoms with Crippen molar-refractivity contribution >= 4 is 5.91 Å². The summed E-state index contributed by atoms with van der Waals surface area (Å²) in [7, 11) is 0. The summed E-state index contributed by atoms with van der Waals surface area (Å²) in [4.78, 5) is 22.4. The van der Waals surface area contributed by atoms with Crippen LogP contribution >= 0.6 is 0 Å². The van der Waals surface area contributed by atoms with Crippen molar-refractivity contribution in [3.8, 4) is 28.5 Å². The first-order valence-electron chi connectivity index (χ1n) is 13.7. The predicted octanol–water partition coefficient (Wildman–Crippen LogP) is 5.04.